The van der Waals surface area contributed by atoms with Gasteiger partial charge in [-0.05, 0) is 30.2 Å². The van der Waals surface area contributed by atoms with Crippen molar-refractivity contribution in [1.82, 2.24) is 20.2 Å². The summed E-state index contributed by atoms with van der Waals surface area (Å²) in [7, 11) is 0. The van der Waals surface area contributed by atoms with Gasteiger partial charge in [0.2, 0.25) is 5.13 Å². The van der Waals surface area contributed by atoms with Crippen molar-refractivity contribution in [3.8, 4) is 16.4 Å². The van der Waals surface area contributed by atoms with Crippen LogP contribution in [-0.2, 0) is 4.79 Å². The maximum atomic E-state index is 13.8. The summed E-state index contributed by atoms with van der Waals surface area (Å²) in [4.78, 5) is 32.0. The molecule has 4 aromatic carbocycles. The molecule has 6 rings (SSSR count). The Morgan fingerprint density at radius 3 is 2.05 bits per heavy atom. The highest BCUT2D eigenvalue weighted by molar-refractivity contribution is 7.20. The summed E-state index contributed by atoms with van der Waals surface area (Å²) in [5.41, 5.74) is 7.12. The van der Waals surface area contributed by atoms with Crippen molar-refractivity contribution in [3.05, 3.63) is 142 Å². The number of aromatic amines is 1. The number of amides is 1. The minimum atomic E-state index is -0.557. The van der Waals surface area contributed by atoms with Crippen LogP contribution < -0.4 is 11.0 Å². The number of aromatic nitrogens is 3. The first-order chi connectivity index (χ1) is 19.6. The van der Waals surface area contributed by atoms with Crippen LogP contribution >= 0.6 is 11.3 Å². The molecule has 7 nitrogen and oxygen atoms in total. The molecule has 0 atom stereocenters. The number of benzene rings is 4. The van der Waals surface area contributed by atoms with Gasteiger partial charge in [-0.3, -0.25) is 14.7 Å². The van der Waals surface area contributed by atoms with E-state index in [-0.39, 0.29) is 11.5 Å². The standard InChI is InChI=1S/C32H25N5O2S/c1-21(34-35-30(38)28(22-13-5-2-6-14-22)23-15-7-3-8-16-23)27-29(24-17-9-4-10-18-24)36-37(31(27)39)32-33-25-19-11-12-20-26(25)40-32/h2-20,28,36H,1H3,(H,35,38). The number of rotatable bonds is 7. The lowest BCUT2D eigenvalue weighted by molar-refractivity contribution is -0.121. The molecule has 1 amide bonds. The van der Waals surface area contributed by atoms with Gasteiger partial charge in [-0.15, -0.1) is 0 Å². The predicted octanol–water partition coefficient (Wildman–Crippen LogP) is 6.11. The number of H-pyrrole nitrogens is 1. The topological polar surface area (TPSA) is 92.1 Å². The number of para-hydroxylation sites is 1. The first kappa shape index (κ1) is 25.2. The normalized spacial score (nSPS) is 11.7. The lowest BCUT2D eigenvalue weighted by atomic mass is 9.91. The summed E-state index contributed by atoms with van der Waals surface area (Å²) < 4.78 is 2.42. The smallest absolute Gasteiger partial charge is 0.283 e. The molecule has 196 valence electrons. The number of nitrogens with one attached hydrogen (secondary N) is 2. The van der Waals surface area contributed by atoms with Crippen LogP contribution in [0, 0.1) is 0 Å². The van der Waals surface area contributed by atoms with Crippen molar-refractivity contribution >= 4 is 33.2 Å². The van der Waals surface area contributed by atoms with E-state index in [0.717, 1.165) is 26.9 Å². The van der Waals surface area contributed by atoms with Gasteiger partial charge < -0.3 is 0 Å². The highest BCUT2D eigenvalue weighted by Crippen LogP contribution is 2.27. The Bertz CT molecular complexity index is 1800. The molecule has 6 aromatic rings. The molecule has 2 N–H and O–H groups in total. The zero-order chi connectivity index (χ0) is 27.5. The number of carbonyl (C=O) groups excluding carboxylic acids is 1. The zero-order valence-electron chi connectivity index (χ0n) is 21.6. The molecule has 0 saturated heterocycles. The van der Waals surface area contributed by atoms with E-state index in [0.29, 0.717) is 22.1 Å². The number of thiazole rings is 1. The van der Waals surface area contributed by atoms with E-state index in [1.54, 1.807) is 6.92 Å². The molecule has 0 bridgehead atoms. The molecule has 0 radical (unpaired) electrons. The fourth-order valence-corrected chi connectivity index (χ4v) is 5.65. The quantitative estimate of drug-likeness (QED) is 0.188. The third-order valence-electron chi connectivity index (χ3n) is 6.65. The van der Waals surface area contributed by atoms with Crippen LogP contribution in [0.4, 0.5) is 0 Å². The Morgan fingerprint density at radius 1 is 0.850 bits per heavy atom. The number of nitrogens with zero attached hydrogens (tertiary/aromatic N) is 3. The number of hydrogen-bond donors (Lipinski definition) is 2. The number of hydrogen-bond acceptors (Lipinski definition) is 5. The molecule has 0 spiro atoms. The second-order valence-corrected chi connectivity index (χ2v) is 10.3. The Kier molecular flexibility index (Phi) is 6.91. The van der Waals surface area contributed by atoms with E-state index < -0.39 is 5.92 Å². The van der Waals surface area contributed by atoms with Gasteiger partial charge in [0.1, 0.15) is 0 Å². The van der Waals surface area contributed by atoms with Crippen molar-refractivity contribution in [2.45, 2.75) is 12.8 Å². The summed E-state index contributed by atoms with van der Waals surface area (Å²) in [6.45, 7) is 1.72. The van der Waals surface area contributed by atoms with Gasteiger partial charge in [0.25, 0.3) is 11.5 Å². The van der Waals surface area contributed by atoms with E-state index in [1.165, 1.54) is 16.0 Å². The van der Waals surface area contributed by atoms with Gasteiger partial charge >= 0.3 is 0 Å². The van der Waals surface area contributed by atoms with E-state index in [9.17, 15) is 9.59 Å². The van der Waals surface area contributed by atoms with E-state index in [4.69, 9.17) is 0 Å². The number of carbonyl (C=O) groups is 1. The maximum absolute atomic E-state index is 13.8. The van der Waals surface area contributed by atoms with Crippen molar-refractivity contribution < 1.29 is 4.79 Å². The first-order valence-electron chi connectivity index (χ1n) is 12.8. The third kappa shape index (κ3) is 4.88. The largest absolute Gasteiger partial charge is 0.288 e. The van der Waals surface area contributed by atoms with Crippen molar-refractivity contribution in [2.75, 3.05) is 0 Å². The van der Waals surface area contributed by atoms with E-state index >= 15 is 0 Å². The highest BCUT2D eigenvalue weighted by atomic mass is 32.1. The summed E-state index contributed by atoms with van der Waals surface area (Å²) >= 11 is 1.42. The molecule has 0 saturated carbocycles. The molecular weight excluding hydrogens is 518 g/mol. The highest BCUT2D eigenvalue weighted by Gasteiger charge is 2.24. The number of fused-ring (bicyclic) bond motifs is 1. The first-order valence-corrected chi connectivity index (χ1v) is 13.6. The molecule has 0 aliphatic heterocycles. The van der Waals surface area contributed by atoms with Crippen LogP contribution in [0.15, 0.2) is 125 Å². The van der Waals surface area contributed by atoms with Crippen LogP contribution in [0.5, 0.6) is 0 Å². The molecule has 2 heterocycles. The average molecular weight is 544 g/mol. The van der Waals surface area contributed by atoms with Crippen LogP contribution in [0.25, 0.3) is 26.6 Å². The zero-order valence-corrected chi connectivity index (χ0v) is 22.4. The van der Waals surface area contributed by atoms with Crippen molar-refractivity contribution in [1.29, 1.82) is 0 Å². The van der Waals surface area contributed by atoms with Gasteiger partial charge in [-0.25, -0.2) is 10.4 Å². The Hall–Kier alpha value is -5.08. The van der Waals surface area contributed by atoms with Crippen molar-refractivity contribution in [2.24, 2.45) is 5.10 Å². The summed E-state index contributed by atoms with van der Waals surface area (Å²) in [5.74, 6) is -0.849. The summed E-state index contributed by atoms with van der Waals surface area (Å²) in [6.07, 6.45) is 0. The average Bonchev–Trinajstić information content (AvgIpc) is 3.58. The second-order valence-electron chi connectivity index (χ2n) is 9.26. The van der Waals surface area contributed by atoms with Gasteiger partial charge in [0, 0.05) is 5.56 Å². The molecule has 40 heavy (non-hydrogen) atoms. The molecule has 0 fully saturated rings. The lowest BCUT2D eigenvalue weighted by Gasteiger charge is -2.16. The molecule has 0 aliphatic rings. The molecule has 0 unspecified atom stereocenters. The SMILES string of the molecule is CC(=NNC(=O)C(c1ccccc1)c1ccccc1)c1c(-c2ccccc2)[nH]n(-c2nc3ccccc3s2)c1=O. The van der Waals surface area contributed by atoms with Crippen molar-refractivity contribution in [3.63, 3.8) is 0 Å². The monoisotopic (exact) mass is 543 g/mol. The van der Waals surface area contributed by atoms with E-state index in [1.807, 2.05) is 115 Å². The minimum Gasteiger partial charge on any atom is -0.288 e. The van der Waals surface area contributed by atoms with Crippen LogP contribution in [0.2, 0.25) is 0 Å². The van der Waals surface area contributed by atoms with E-state index in [2.05, 4.69) is 20.6 Å². The molecule has 0 aliphatic carbocycles. The number of hydrazone groups is 1. The second kappa shape index (κ2) is 11.0. The van der Waals surface area contributed by atoms with Gasteiger partial charge in [-0.2, -0.15) is 9.78 Å². The lowest BCUT2D eigenvalue weighted by Crippen LogP contribution is -2.28. The maximum Gasteiger partial charge on any atom is 0.283 e. The minimum absolute atomic E-state index is 0.292. The van der Waals surface area contributed by atoms with Gasteiger partial charge in [0.15, 0.2) is 0 Å². The van der Waals surface area contributed by atoms with Crippen LogP contribution in [0.3, 0.4) is 0 Å². The molecular formula is C32H25N5O2S. The third-order valence-corrected chi connectivity index (χ3v) is 7.67. The fourth-order valence-electron chi connectivity index (χ4n) is 4.72. The fraction of sp³-hybridized carbons (Fsp3) is 0.0625. The Labute approximate surface area is 234 Å². The Balaban J connectivity index is 1.40. The molecule has 2 aromatic heterocycles. The van der Waals surface area contributed by atoms with Gasteiger partial charge in [-0.1, -0.05) is 114 Å². The predicted molar refractivity (Wildman–Crippen MR) is 160 cm³/mol. The van der Waals surface area contributed by atoms with Gasteiger partial charge in [0.05, 0.1) is 33.1 Å². The summed E-state index contributed by atoms with van der Waals surface area (Å²) in [6, 6.07) is 36.5. The summed E-state index contributed by atoms with van der Waals surface area (Å²) in [5, 5.41) is 8.20. The molecule has 8 heteroatoms. The Morgan fingerprint density at radius 2 is 1.43 bits per heavy atom. The van der Waals surface area contributed by atoms with Crippen LogP contribution in [0.1, 0.15) is 29.5 Å². The van der Waals surface area contributed by atoms with Crippen LogP contribution in [-0.4, -0.2) is 26.4 Å².